The van der Waals surface area contributed by atoms with Crippen LogP contribution in [0.3, 0.4) is 0 Å². The summed E-state index contributed by atoms with van der Waals surface area (Å²) in [5.41, 5.74) is 0.950. The topological polar surface area (TPSA) is 66.5 Å². The van der Waals surface area contributed by atoms with Crippen molar-refractivity contribution >= 4 is 40.5 Å². The molecule has 0 bridgehead atoms. The van der Waals surface area contributed by atoms with E-state index in [-0.39, 0.29) is 33.9 Å². The standard InChI is InChI=1S/C16H10N2O3S/c19-12-6-7-14(20)10(8-12)9-13-15(21)18(16(22)17-13)11-4-2-1-3-5-11/h1-9H,(H,17,22). The van der Waals surface area contributed by atoms with Crippen LogP contribution in [0, 0.1) is 0 Å². The Hall–Kier alpha value is -2.86. The summed E-state index contributed by atoms with van der Waals surface area (Å²) in [6, 6.07) is 8.94. The van der Waals surface area contributed by atoms with Gasteiger partial charge < -0.3 is 5.32 Å². The van der Waals surface area contributed by atoms with Gasteiger partial charge in [0.25, 0.3) is 5.91 Å². The fourth-order valence-corrected chi connectivity index (χ4v) is 2.44. The fraction of sp³-hybridized carbons (Fsp3) is 0. The Morgan fingerprint density at radius 2 is 1.77 bits per heavy atom. The van der Waals surface area contributed by atoms with Crippen molar-refractivity contribution in [1.29, 1.82) is 0 Å². The highest BCUT2D eigenvalue weighted by Crippen LogP contribution is 2.22. The number of carbonyl (C=O) groups excluding carboxylic acids is 3. The first kappa shape index (κ1) is 14.1. The van der Waals surface area contributed by atoms with E-state index < -0.39 is 0 Å². The van der Waals surface area contributed by atoms with Crippen molar-refractivity contribution in [2.24, 2.45) is 0 Å². The normalized spacial score (nSPS) is 19.7. The summed E-state index contributed by atoms with van der Waals surface area (Å²) in [5, 5.41) is 3.01. The molecule has 1 amide bonds. The number of benzene rings is 1. The van der Waals surface area contributed by atoms with Gasteiger partial charge in [-0.15, -0.1) is 0 Å². The van der Waals surface area contributed by atoms with Crippen LogP contribution >= 0.6 is 12.2 Å². The summed E-state index contributed by atoms with van der Waals surface area (Å²) in [6.07, 6.45) is 4.91. The minimum atomic E-state index is -0.369. The molecule has 2 aliphatic rings. The van der Waals surface area contributed by atoms with E-state index in [1.807, 2.05) is 6.07 Å². The number of ketones is 2. The van der Waals surface area contributed by atoms with Crippen LogP contribution in [0.4, 0.5) is 5.69 Å². The van der Waals surface area contributed by atoms with Crippen LogP contribution in [0.15, 0.2) is 65.9 Å². The predicted octanol–water partition coefficient (Wildman–Crippen LogP) is 1.43. The Morgan fingerprint density at radius 3 is 2.50 bits per heavy atom. The van der Waals surface area contributed by atoms with Crippen molar-refractivity contribution in [2.45, 2.75) is 0 Å². The van der Waals surface area contributed by atoms with Crippen molar-refractivity contribution in [1.82, 2.24) is 5.32 Å². The van der Waals surface area contributed by atoms with Gasteiger partial charge in [0, 0.05) is 5.57 Å². The SMILES string of the molecule is O=C1C=CC(=O)C(C=C2NC(=S)N(c3ccccc3)C2=O)=C1. The smallest absolute Gasteiger partial charge is 0.281 e. The molecule has 0 atom stereocenters. The first-order valence-electron chi connectivity index (χ1n) is 6.46. The number of carbonyl (C=O) groups is 3. The number of hydrogen-bond donors (Lipinski definition) is 1. The molecular weight excluding hydrogens is 300 g/mol. The molecule has 1 fully saturated rings. The largest absolute Gasteiger partial charge is 0.327 e. The first-order chi connectivity index (χ1) is 10.6. The average molecular weight is 310 g/mol. The molecule has 108 valence electrons. The summed E-state index contributed by atoms with van der Waals surface area (Å²) >= 11 is 5.16. The number of hydrogen-bond acceptors (Lipinski definition) is 4. The molecule has 0 aromatic heterocycles. The van der Waals surface area contributed by atoms with Crippen molar-refractivity contribution in [3.8, 4) is 0 Å². The maximum Gasteiger partial charge on any atom is 0.281 e. The van der Waals surface area contributed by atoms with Crippen LogP contribution < -0.4 is 10.2 Å². The number of thiocarbonyl (C=S) groups is 1. The molecule has 1 aliphatic carbocycles. The number of nitrogens with zero attached hydrogens (tertiary/aromatic N) is 1. The van der Waals surface area contributed by atoms with Gasteiger partial charge in [0.2, 0.25) is 0 Å². The lowest BCUT2D eigenvalue weighted by atomic mass is 10.0. The third kappa shape index (κ3) is 2.51. The molecule has 1 aliphatic heterocycles. The summed E-state index contributed by atoms with van der Waals surface area (Å²) in [4.78, 5) is 36.9. The Bertz CT molecular complexity index is 791. The van der Waals surface area contributed by atoms with Gasteiger partial charge in [-0.3, -0.25) is 19.3 Å². The van der Waals surface area contributed by atoms with Crippen molar-refractivity contribution in [3.63, 3.8) is 0 Å². The molecule has 1 N–H and O–H groups in total. The van der Waals surface area contributed by atoms with Crippen molar-refractivity contribution in [3.05, 3.63) is 65.9 Å². The second-order valence-corrected chi connectivity index (χ2v) is 5.05. The molecule has 0 radical (unpaired) electrons. The fourth-order valence-electron chi connectivity index (χ4n) is 2.14. The Morgan fingerprint density at radius 1 is 1.05 bits per heavy atom. The van der Waals surface area contributed by atoms with E-state index in [0.717, 1.165) is 0 Å². The molecule has 3 rings (SSSR count). The quantitative estimate of drug-likeness (QED) is 0.508. The predicted molar refractivity (Wildman–Crippen MR) is 85.0 cm³/mol. The third-order valence-electron chi connectivity index (χ3n) is 3.17. The van der Waals surface area contributed by atoms with Crippen molar-refractivity contribution < 1.29 is 14.4 Å². The molecule has 0 unspecified atom stereocenters. The van der Waals surface area contributed by atoms with E-state index >= 15 is 0 Å². The highest BCUT2D eigenvalue weighted by atomic mass is 32.1. The van der Waals surface area contributed by atoms with Gasteiger partial charge in [-0.1, -0.05) is 18.2 Å². The minimum absolute atomic E-state index is 0.154. The molecule has 6 heteroatoms. The van der Waals surface area contributed by atoms with E-state index in [1.165, 1.54) is 29.2 Å². The zero-order chi connectivity index (χ0) is 15.7. The third-order valence-corrected chi connectivity index (χ3v) is 3.46. The van der Waals surface area contributed by atoms with Gasteiger partial charge in [0.05, 0.1) is 5.69 Å². The van der Waals surface area contributed by atoms with Crippen molar-refractivity contribution in [2.75, 3.05) is 4.90 Å². The highest BCUT2D eigenvalue weighted by Gasteiger charge is 2.32. The summed E-state index contributed by atoms with van der Waals surface area (Å²) in [6.45, 7) is 0. The van der Waals surface area contributed by atoms with Crippen LogP contribution in [-0.2, 0) is 14.4 Å². The van der Waals surface area contributed by atoms with E-state index in [1.54, 1.807) is 24.3 Å². The van der Waals surface area contributed by atoms with Crippen LogP contribution in [0.1, 0.15) is 0 Å². The lowest BCUT2D eigenvalue weighted by molar-refractivity contribution is -0.114. The molecular formula is C16H10N2O3S. The van der Waals surface area contributed by atoms with Gasteiger partial charge in [0.15, 0.2) is 16.7 Å². The van der Waals surface area contributed by atoms with Crippen LogP contribution in [-0.4, -0.2) is 22.6 Å². The lowest BCUT2D eigenvalue weighted by Gasteiger charge is -2.13. The minimum Gasteiger partial charge on any atom is -0.327 e. The number of nitrogens with one attached hydrogen (secondary N) is 1. The van der Waals surface area contributed by atoms with E-state index in [0.29, 0.717) is 5.69 Å². The number of anilines is 1. The molecule has 1 aromatic rings. The molecule has 1 saturated heterocycles. The number of amides is 1. The number of allylic oxidation sites excluding steroid dienone is 5. The average Bonchev–Trinajstić information content (AvgIpc) is 2.78. The van der Waals surface area contributed by atoms with E-state index in [4.69, 9.17) is 12.2 Å². The van der Waals surface area contributed by atoms with Crippen LogP contribution in [0.2, 0.25) is 0 Å². The van der Waals surface area contributed by atoms with Gasteiger partial charge in [-0.25, -0.2) is 0 Å². The molecule has 22 heavy (non-hydrogen) atoms. The monoisotopic (exact) mass is 310 g/mol. The lowest BCUT2D eigenvalue weighted by Crippen LogP contribution is -2.30. The first-order valence-corrected chi connectivity index (χ1v) is 6.87. The van der Waals surface area contributed by atoms with Gasteiger partial charge in [-0.2, -0.15) is 0 Å². The van der Waals surface area contributed by atoms with Gasteiger partial charge in [0.1, 0.15) is 5.70 Å². The molecule has 5 nitrogen and oxygen atoms in total. The highest BCUT2D eigenvalue weighted by molar-refractivity contribution is 7.80. The Labute approximate surface area is 131 Å². The number of para-hydroxylation sites is 1. The van der Waals surface area contributed by atoms with Gasteiger partial charge >= 0.3 is 0 Å². The van der Waals surface area contributed by atoms with Crippen LogP contribution in [0.5, 0.6) is 0 Å². The van der Waals surface area contributed by atoms with Gasteiger partial charge in [-0.05, 0) is 48.7 Å². The van der Waals surface area contributed by atoms with E-state index in [2.05, 4.69) is 5.32 Å². The second-order valence-electron chi connectivity index (χ2n) is 4.66. The zero-order valence-corrected chi connectivity index (χ0v) is 12.1. The Kier molecular flexibility index (Phi) is 3.52. The number of rotatable bonds is 2. The summed E-state index contributed by atoms with van der Waals surface area (Å²) < 4.78 is 0. The molecule has 0 spiro atoms. The van der Waals surface area contributed by atoms with Crippen LogP contribution in [0.25, 0.3) is 0 Å². The molecule has 0 saturated carbocycles. The molecule has 1 aromatic carbocycles. The summed E-state index contributed by atoms with van der Waals surface area (Å²) in [5.74, 6) is -0.989. The Balaban J connectivity index is 1.93. The maximum absolute atomic E-state index is 12.4. The summed E-state index contributed by atoms with van der Waals surface area (Å²) in [7, 11) is 0. The second kappa shape index (κ2) is 5.50. The molecule has 1 heterocycles. The maximum atomic E-state index is 12.4. The zero-order valence-electron chi connectivity index (χ0n) is 11.3. The van der Waals surface area contributed by atoms with E-state index in [9.17, 15) is 14.4 Å².